The Bertz CT molecular complexity index is 877. The number of H-pyrrole nitrogens is 1. The second-order valence-corrected chi connectivity index (χ2v) is 5.74. The molecule has 0 amide bonds. The van der Waals surface area contributed by atoms with Gasteiger partial charge < -0.3 is 4.74 Å². The highest BCUT2D eigenvalue weighted by Crippen LogP contribution is 2.18. The third kappa shape index (κ3) is 4.51. The van der Waals surface area contributed by atoms with Crippen LogP contribution in [0.3, 0.4) is 0 Å². The number of rotatable bonds is 7. The van der Waals surface area contributed by atoms with Crippen LogP contribution in [0.1, 0.15) is 33.0 Å². The van der Waals surface area contributed by atoms with Crippen LogP contribution in [-0.2, 0) is 6.61 Å². The predicted molar refractivity (Wildman–Crippen MR) is 91.9 cm³/mol. The monoisotopic (exact) mass is 355 g/mol. The van der Waals surface area contributed by atoms with Gasteiger partial charge in [-0.3, -0.25) is 14.7 Å². The average molecular weight is 356 g/mol. The van der Waals surface area contributed by atoms with Crippen molar-refractivity contribution in [3.05, 3.63) is 76.8 Å². The number of benzene rings is 2. The van der Waals surface area contributed by atoms with Gasteiger partial charge >= 0.3 is 0 Å². The van der Waals surface area contributed by atoms with Gasteiger partial charge in [0, 0.05) is 10.6 Å². The molecular formula is C18H14ClN3O3. The summed E-state index contributed by atoms with van der Waals surface area (Å²) in [7, 11) is 0. The van der Waals surface area contributed by atoms with Crippen LogP contribution >= 0.6 is 11.6 Å². The molecular weight excluding hydrogens is 342 g/mol. The summed E-state index contributed by atoms with van der Waals surface area (Å²) in [5, 5.41) is 6.71. The molecule has 1 N–H and O–H groups in total. The molecule has 0 atom stereocenters. The summed E-state index contributed by atoms with van der Waals surface area (Å²) in [5.41, 5.74) is 1.36. The van der Waals surface area contributed by atoms with E-state index >= 15 is 0 Å². The second-order valence-electron chi connectivity index (χ2n) is 5.30. The molecule has 25 heavy (non-hydrogen) atoms. The lowest BCUT2D eigenvalue weighted by atomic mass is 10.1. The Morgan fingerprint density at radius 1 is 1.08 bits per heavy atom. The number of aromatic amines is 1. The van der Waals surface area contributed by atoms with Gasteiger partial charge in [0.15, 0.2) is 11.6 Å². The van der Waals surface area contributed by atoms with Crippen LogP contribution in [0.25, 0.3) is 0 Å². The van der Waals surface area contributed by atoms with Gasteiger partial charge in [-0.2, -0.15) is 5.10 Å². The minimum Gasteiger partial charge on any atom is -0.489 e. The number of nitrogens with one attached hydrogen (secondary N) is 1. The Morgan fingerprint density at radius 2 is 1.88 bits per heavy atom. The van der Waals surface area contributed by atoms with Crippen LogP contribution in [0.2, 0.25) is 5.02 Å². The number of hydrogen-bond acceptors (Lipinski definition) is 5. The van der Waals surface area contributed by atoms with Crippen LogP contribution in [-0.4, -0.2) is 26.7 Å². The quantitative estimate of drug-likeness (QED) is 0.518. The van der Waals surface area contributed by atoms with Crippen molar-refractivity contribution < 1.29 is 14.3 Å². The number of carbonyl (C=O) groups is 2. The topological polar surface area (TPSA) is 84.9 Å². The van der Waals surface area contributed by atoms with E-state index in [1.54, 1.807) is 36.4 Å². The van der Waals surface area contributed by atoms with Crippen molar-refractivity contribution in [2.75, 3.05) is 0 Å². The van der Waals surface area contributed by atoms with Crippen molar-refractivity contribution in [1.82, 2.24) is 15.2 Å². The van der Waals surface area contributed by atoms with Crippen molar-refractivity contribution in [2.45, 2.75) is 13.0 Å². The summed E-state index contributed by atoms with van der Waals surface area (Å²) in [6.45, 7) is 0.353. The lowest BCUT2D eigenvalue weighted by molar-refractivity contribution is 0.0888. The summed E-state index contributed by atoms with van der Waals surface area (Å²) < 4.78 is 5.69. The van der Waals surface area contributed by atoms with E-state index in [4.69, 9.17) is 16.3 Å². The molecule has 0 bridgehead atoms. The Kier molecular flexibility index (Phi) is 5.20. The van der Waals surface area contributed by atoms with Crippen molar-refractivity contribution in [1.29, 1.82) is 0 Å². The molecule has 0 radical (unpaired) electrons. The standard InChI is InChI=1S/C18H14ClN3O3/c19-14-6-4-12(5-7-14)10-25-15-3-1-2-13(8-15)16(23)9-17(24)18-20-11-21-22-18/h1-8,11H,9-10H2,(H,20,21,22). The van der Waals surface area contributed by atoms with Crippen LogP contribution < -0.4 is 4.74 Å². The molecule has 0 saturated carbocycles. The number of nitrogens with zero attached hydrogens (tertiary/aromatic N) is 2. The van der Waals surface area contributed by atoms with Crippen LogP contribution in [0.15, 0.2) is 54.9 Å². The third-order valence-electron chi connectivity index (χ3n) is 3.48. The molecule has 1 heterocycles. The zero-order valence-electron chi connectivity index (χ0n) is 13.1. The zero-order valence-corrected chi connectivity index (χ0v) is 13.9. The number of ketones is 2. The van der Waals surface area contributed by atoms with E-state index in [1.165, 1.54) is 6.33 Å². The molecule has 0 saturated heterocycles. The summed E-state index contributed by atoms with van der Waals surface area (Å²) in [5.74, 6) is -0.0928. The maximum Gasteiger partial charge on any atom is 0.207 e. The van der Waals surface area contributed by atoms with E-state index in [9.17, 15) is 9.59 Å². The molecule has 0 unspecified atom stereocenters. The highest BCUT2D eigenvalue weighted by molar-refractivity contribution is 6.30. The van der Waals surface area contributed by atoms with Gasteiger partial charge in [-0.25, -0.2) is 4.98 Å². The molecule has 2 aromatic carbocycles. The van der Waals surface area contributed by atoms with Crippen molar-refractivity contribution >= 4 is 23.2 Å². The molecule has 3 aromatic rings. The van der Waals surface area contributed by atoms with E-state index in [2.05, 4.69) is 15.2 Å². The number of aromatic nitrogens is 3. The number of halogens is 1. The maximum absolute atomic E-state index is 12.3. The zero-order chi connectivity index (χ0) is 17.6. The average Bonchev–Trinajstić information content (AvgIpc) is 3.16. The van der Waals surface area contributed by atoms with Gasteiger partial charge in [0.1, 0.15) is 18.7 Å². The Hall–Kier alpha value is -2.99. The molecule has 126 valence electrons. The fourth-order valence-corrected chi connectivity index (χ4v) is 2.30. The molecule has 3 rings (SSSR count). The van der Waals surface area contributed by atoms with Gasteiger partial charge in [0.25, 0.3) is 0 Å². The van der Waals surface area contributed by atoms with E-state index in [1.807, 2.05) is 12.1 Å². The summed E-state index contributed by atoms with van der Waals surface area (Å²) >= 11 is 5.85. The van der Waals surface area contributed by atoms with Gasteiger partial charge in [0.05, 0.1) is 6.42 Å². The highest BCUT2D eigenvalue weighted by Gasteiger charge is 2.16. The van der Waals surface area contributed by atoms with Crippen LogP contribution in [0, 0.1) is 0 Å². The normalized spacial score (nSPS) is 10.4. The number of ether oxygens (including phenoxy) is 1. The number of Topliss-reactive ketones (excluding diaryl/α,β-unsaturated/α-hetero) is 2. The van der Waals surface area contributed by atoms with E-state index in [-0.39, 0.29) is 18.0 Å². The number of carbonyl (C=O) groups excluding carboxylic acids is 2. The SMILES string of the molecule is O=C(CC(=O)c1ncn[nH]1)c1cccc(OCc2ccc(Cl)cc2)c1. The first-order valence-corrected chi connectivity index (χ1v) is 7.89. The van der Waals surface area contributed by atoms with E-state index in [0.717, 1.165) is 5.56 Å². The third-order valence-corrected chi connectivity index (χ3v) is 3.73. The smallest absolute Gasteiger partial charge is 0.207 e. The first kappa shape index (κ1) is 16.9. The molecule has 7 heteroatoms. The molecule has 0 fully saturated rings. The fourth-order valence-electron chi connectivity index (χ4n) is 2.18. The first-order valence-electron chi connectivity index (χ1n) is 7.51. The van der Waals surface area contributed by atoms with Crippen molar-refractivity contribution in [3.8, 4) is 5.75 Å². The Morgan fingerprint density at radius 3 is 2.60 bits per heavy atom. The van der Waals surface area contributed by atoms with Gasteiger partial charge in [-0.1, -0.05) is 35.9 Å². The molecule has 0 aliphatic carbocycles. The maximum atomic E-state index is 12.3. The van der Waals surface area contributed by atoms with Crippen molar-refractivity contribution in [3.63, 3.8) is 0 Å². The van der Waals surface area contributed by atoms with Crippen molar-refractivity contribution in [2.24, 2.45) is 0 Å². The Balaban J connectivity index is 1.63. The first-order chi connectivity index (χ1) is 12.1. The molecule has 0 spiro atoms. The second kappa shape index (κ2) is 7.72. The minimum absolute atomic E-state index is 0.0727. The fraction of sp³-hybridized carbons (Fsp3) is 0.111. The van der Waals surface area contributed by atoms with E-state index in [0.29, 0.717) is 22.9 Å². The largest absolute Gasteiger partial charge is 0.489 e. The lowest BCUT2D eigenvalue weighted by Crippen LogP contribution is -2.10. The van der Waals surface area contributed by atoms with Gasteiger partial charge in [0.2, 0.25) is 5.78 Å². The molecule has 0 aliphatic rings. The summed E-state index contributed by atoms with van der Waals surface area (Å²) in [4.78, 5) is 27.9. The van der Waals surface area contributed by atoms with Crippen LogP contribution in [0.5, 0.6) is 5.75 Å². The predicted octanol–water partition coefficient (Wildman–Crippen LogP) is 3.49. The van der Waals surface area contributed by atoms with E-state index < -0.39 is 5.78 Å². The lowest BCUT2D eigenvalue weighted by Gasteiger charge is -2.08. The molecule has 0 aliphatic heterocycles. The summed E-state index contributed by atoms with van der Waals surface area (Å²) in [6, 6.07) is 14.0. The molecule has 1 aromatic heterocycles. The highest BCUT2D eigenvalue weighted by atomic mass is 35.5. The van der Waals surface area contributed by atoms with Crippen LogP contribution in [0.4, 0.5) is 0 Å². The minimum atomic E-state index is -0.407. The Labute approximate surface area is 148 Å². The summed E-state index contributed by atoms with van der Waals surface area (Å²) in [6.07, 6.45) is 0.943. The molecule has 6 nitrogen and oxygen atoms in total. The number of hydrogen-bond donors (Lipinski definition) is 1. The van der Waals surface area contributed by atoms with Gasteiger partial charge in [-0.15, -0.1) is 0 Å². The van der Waals surface area contributed by atoms with Gasteiger partial charge in [-0.05, 0) is 29.8 Å².